The molecule has 0 radical (unpaired) electrons. The number of carbonyl (C=O) groups excluding carboxylic acids is 1. The topological polar surface area (TPSA) is 54.7 Å². The van der Waals surface area contributed by atoms with Gasteiger partial charge in [-0.25, -0.2) is 4.99 Å². The minimum atomic E-state index is -0.489. The molecule has 31 heavy (non-hydrogen) atoms. The van der Waals surface area contributed by atoms with E-state index in [0.717, 1.165) is 21.3 Å². The number of thiazole rings is 1. The van der Waals surface area contributed by atoms with Crippen LogP contribution in [0.5, 0.6) is 0 Å². The van der Waals surface area contributed by atoms with E-state index >= 15 is 0 Å². The van der Waals surface area contributed by atoms with Gasteiger partial charge in [-0.3, -0.25) is 14.2 Å². The maximum atomic E-state index is 13.4. The Morgan fingerprint density at radius 3 is 2.35 bits per heavy atom. The molecule has 1 atom stereocenters. The molecule has 1 aliphatic heterocycles. The van der Waals surface area contributed by atoms with Gasteiger partial charge >= 0.3 is 0 Å². The van der Waals surface area contributed by atoms with Gasteiger partial charge < -0.3 is 4.90 Å². The van der Waals surface area contributed by atoms with Gasteiger partial charge in [0.1, 0.15) is 0 Å². The van der Waals surface area contributed by atoms with E-state index in [9.17, 15) is 9.59 Å². The molecule has 0 saturated heterocycles. The SMILES string of the molecule is CC(=O)C1=C(C)N=c2s/c(=C/c3ccc(Br)cc3)c(=O)n2[C@H]1c1ccc(N(C)C)cc1. The highest BCUT2D eigenvalue weighted by molar-refractivity contribution is 9.10. The van der Waals surface area contributed by atoms with Crippen molar-refractivity contribution in [1.82, 2.24) is 4.57 Å². The Bertz CT molecular complexity index is 1360. The highest BCUT2D eigenvalue weighted by Crippen LogP contribution is 2.31. The predicted octanol–water partition coefficient (Wildman–Crippen LogP) is 3.65. The van der Waals surface area contributed by atoms with Gasteiger partial charge in [0, 0.05) is 35.5 Å². The lowest BCUT2D eigenvalue weighted by atomic mass is 9.93. The van der Waals surface area contributed by atoms with Crippen molar-refractivity contribution in [3.8, 4) is 0 Å². The minimum Gasteiger partial charge on any atom is -0.378 e. The van der Waals surface area contributed by atoms with E-state index < -0.39 is 6.04 Å². The Balaban J connectivity index is 1.93. The fourth-order valence-electron chi connectivity index (χ4n) is 3.75. The van der Waals surface area contributed by atoms with Gasteiger partial charge in [-0.1, -0.05) is 51.5 Å². The highest BCUT2D eigenvalue weighted by atomic mass is 79.9. The summed E-state index contributed by atoms with van der Waals surface area (Å²) in [6, 6.07) is 15.3. The molecule has 0 bridgehead atoms. The summed E-state index contributed by atoms with van der Waals surface area (Å²) in [4.78, 5) is 33.3. The third-order valence-electron chi connectivity index (χ3n) is 5.29. The minimum absolute atomic E-state index is 0.0786. The number of halogens is 1. The normalized spacial score (nSPS) is 16.2. The van der Waals surface area contributed by atoms with E-state index in [0.29, 0.717) is 20.6 Å². The third kappa shape index (κ3) is 4.07. The summed E-state index contributed by atoms with van der Waals surface area (Å²) < 4.78 is 3.23. The zero-order chi connectivity index (χ0) is 22.3. The lowest BCUT2D eigenvalue weighted by Crippen LogP contribution is -2.39. The second-order valence-corrected chi connectivity index (χ2v) is 9.60. The number of fused-ring (bicyclic) bond motifs is 1. The summed E-state index contributed by atoms with van der Waals surface area (Å²) in [5, 5.41) is 0. The molecular formula is C24H22BrN3O2S. The smallest absolute Gasteiger partial charge is 0.271 e. The first-order valence-electron chi connectivity index (χ1n) is 9.82. The number of aromatic nitrogens is 1. The van der Waals surface area contributed by atoms with Crippen LogP contribution in [0.4, 0.5) is 5.69 Å². The van der Waals surface area contributed by atoms with E-state index in [4.69, 9.17) is 0 Å². The molecule has 0 aliphatic carbocycles. The van der Waals surface area contributed by atoms with Crippen molar-refractivity contribution in [1.29, 1.82) is 0 Å². The van der Waals surface area contributed by atoms with Crippen molar-refractivity contribution in [3.05, 3.63) is 95.1 Å². The molecule has 1 aliphatic rings. The van der Waals surface area contributed by atoms with Crippen LogP contribution >= 0.6 is 27.3 Å². The lowest BCUT2D eigenvalue weighted by molar-refractivity contribution is -0.114. The van der Waals surface area contributed by atoms with Gasteiger partial charge in [-0.05, 0) is 55.3 Å². The van der Waals surface area contributed by atoms with Crippen LogP contribution in [0.1, 0.15) is 31.0 Å². The molecule has 0 amide bonds. The van der Waals surface area contributed by atoms with Crippen LogP contribution in [0.25, 0.3) is 6.08 Å². The van der Waals surface area contributed by atoms with Gasteiger partial charge in [-0.15, -0.1) is 0 Å². The highest BCUT2D eigenvalue weighted by Gasteiger charge is 2.30. The fourth-order valence-corrected chi connectivity index (χ4v) is 5.06. The van der Waals surface area contributed by atoms with E-state index in [1.165, 1.54) is 18.3 Å². The first-order valence-corrected chi connectivity index (χ1v) is 11.4. The Labute approximate surface area is 192 Å². The molecule has 158 valence electrons. The summed E-state index contributed by atoms with van der Waals surface area (Å²) in [5.41, 5.74) is 3.95. The first-order chi connectivity index (χ1) is 14.8. The van der Waals surface area contributed by atoms with E-state index in [2.05, 4.69) is 20.9 Å². The largest absolute Gasteiger partial charge is 0.378 e. The number of Topliss-reactive ketones (excluding diaryl/α,β-unsaturated/α-hetero) is 1. The molecule has 3 aromatic rings. The number of anilines is 1. The molecule has 7 heteroatoms. The monoisotopic (exact) mass is 495 g/mol. The molecule has 1 aromatic heterocycles. The van der Waals surface area contributed by atoms with Crippen LogP contribution in [-0.4, -0.2) is 24.4 Å². The summed E-state index contributed by atoms with van der Waals surface area (Å²) in [5.74, 6) is -0.0786. The van der Waals surface area contributed by atoms with Gasteiger partial charge in [-0.2, -0.15) is 0 Å². The van der Waals surface area contributed by atoms with E-state index in [-0.39, 0.29) is 11.3 Å². The molecule has 2 heterocycles. The van der Waals surface area contributed by atoms with Gasteiger partial charge in [0.2, 0.25) is 0 Å². The maximum absolute atomic E-state index is 13.4. The summed E-state index contributed by atoms with van der Waals surface area (Å²) in [6.07, 6.45) is 1.87. The number of rotatable bonds is 4. The second kappa shape index (κ2) is 8.40. The number of carbonyl (C=O) groups is 1. The average molecular weight is 496 g/mol. The molecule has 0 saturated carbocycles. The molecule has 4 rings (SSSR count). The molecule has 2 aromatic carbocycles. The molecule has 0 unspecified atom stereocenters. The second-order valence-electron chi connectivity index (χ2n) is 7.68. The van der Waals surface area contributed by atoms with Crippen molar-refractivity contribution < 1.29 is 4.79 Å². The summed E-state index contributed by atoms with van der Waals surface area (Å²) >= 11 is 4.78. The zero-order valence-corrected chi connectivity index (χ0v) is 20.1. The Kier molecular flexibility index (Phi) is 5.81. The van der Waals surface area contributed by atoms with E-state index in [1.54, 1.807) is 4.57 Å². The van der Waals surface area contributed by atoms with Crippen LogP contribution in [0.15, 0.2) is 74.1 Å². The van der Waals surface area contributed by atoms with Crippen molar-refractivity contribution in [2.45, 2.75) is 19.9 Å². The van der Waals surface area contributed by atoms with E-state index in [1.807, 2.05) is 80.5 Å². The van der Waals surface area contributed by atoms with Crippen LogP contribution in [0, 0.1) is 0 Å². The van der Waals surface area contributed by atoms with Crippen molar-refractivity contribution in [3.63, 3.8) is 0 Å². The standard InChI is InChI=1S/C24H22BrN3O2S/c1-14-21(15(2)29)22(17-7-11-19(12-8-17)27(3)4)28-23(30)20(31-24(28)26-14)13-16-5-9-18(25)10-6-16/h5-13,22H,1-4H3/b20-13+/t22-/m0/s1. The van der Waals surface area contributed by atoms with Crippen LogP contribution in [0.3, 0.4) is 0 Å². The number of ketones is 1. The van der Waals surface area contributed by atoms with Crippen molar-refractivity contribution >= 4 is 44.8 Å². The van der Waals surface area contributed by atoms with Crippen molar-refractivity contribution in [2.24, 2.45) is 4.99 Å². The molecule has 5 nitrogen and oxygen atoms in total. The maximum Gasteiger partial charge on any atom is 0.271 e. The van der Waals surface area contributed by atoms with Gasteiger partial charge in [0.25, 0.3) is 5.56 Å². The van der Waals surface area contributed by atoms with Crippen LogP contribution < -0.4 is 19.8 Å². The lowest BCUT2D eigenvalue weighted by Gasteiger charge is -2.25. The Hall–Kier alpha value is -2.77. The molecule has 0 spiro atoms. The van der Waals surface area contributed by atoms with Gasteiger partial charge in [0.15, 0.2) is 10.6 Å². The zero-order valence-electron chi connectivity index (χ0n) is 17.7. The first kappa shape index (κ1) is 21.5. The Morgan fingerprint density at radius 1 is 1.13 bits per heavy atom. The number of hydrogen-bond acceptors (Lipinski definition) is 5. The molecule has 0 N–H and O–H groups in total. The van der Waals surface area contributed by atoms with Crippen molar-refractivity contribution in [2.75, 3.05) is 19.0 Å². The summed E-state index contributed by atoms with van der Waals surface area (Å²) in [6.45, 7) is 3.37. The average Bonchev–Trinajstić information content (AvgIpc) is 3.03. The van der Waals surface area contributed by atoms with Crippen LogP contribution in [0.2, 0.25) is 0 Å². The Morgan fingerprint density at radius 2 is 1.77 bits per heavy atom. The quantitative estimate of drug-likeness (QED) is 0.554. The fraction of sp³-hybridized carbons (Fsp3) is 0.208. The number of nitrogens with zero attached hydrogens (tertiary/aromatic N) is 3. The molecular weight excluding hydrogens is 474 g/mol. The number of benzene rings is 2. The molecule has 0 fully saturated rings. The number of hydrogen-bond donors (Lipinski definition) is 0. The predicted molar refractivity (Wildman–Crippen MR) is 129 cm³/mol. The van der Waals surface area contributed by atoms with Gasteiger partial charge in [0.05, 0.1) is 10.6 Å². The third-order valence-corrected chi connectivity index (χ3v) is 6.81. The van der Waals surface area contributed by atoms with Crippen LogP contribution in [-0.2, 0) is 4.79 Å². The summed E-state index contributed by atoms with van der Waals surface area (Å²) in [7, 11) is 3.95. The number of allylic oxidation sites excluding steroid dienone is 2.